The molecule has 0 aliphatic carbocycles. The van der Waals surface area contributed by atoms with E-state index in [0.717, 1.165) is 6.07 Å². The number of aliphatic carboxylic acids is 1. The molecule has 0 amide bonds. The molecule has 5 heteroatoms. The summed E-state index contributed by atoms with van der Waals surface area (Å²) in [4.78, 5) is 21.8. The van der Waals surface area contributed by atoms with Gasteiger partial charge in [-0.05, 0) is 12.1 Å². The molecule has 0 aliphatic heterocycles. The average Bonchev–Trinajstić information content (AvgIpc) is 2.18. The highest BCUT2D eigenvalue weighted by Crippen LogP contribution is 2.09. The highest BCUT2D eigenvalue weighted by Gasteiger charge is 2.19. The van der Waals surface area contributed by atoms with Gasteiger partial charge in [-0.2, -0.15) is 0 Å². The fourth-order valence-corrected chi connectivity index (χ4v) is 1.08. The van der Waals surface area contributed by atoms with Crippen LogP contribution in [-0.4, -0.2) is 22.9 Å². The highest BCUT2D eigenvalue weighted by atomic mass is 19.1. The van der Waals surface area contributed by atoms with Crippen LogP contribution in [0.2, 0.25) is 0 Å². The van der Waals surface area contributed by atoms with E-state index in [1.807, 2.05) is 0 Å². The lowest BCUT2D eigenvalue weighted by atomic mass is 10.0. The number of carboxylic acids is 1. The summed E-state index contributed by atoms with van der Waals surface area (Å²) < 4.78 is 13.1. The number of hydrogen-bond acceptors (Lipinski definition) is 3. The molecule has 1 rings (SSSR count). The topological polar surface area (TPSA) is 80.4 Å². The van der Waals surface area contributed by atoms with Crippen molar-refractivity contribution in [2.45, 2.75) is 12.5 Å². The summed E-state index contributed by atoms with van der Waals surface area (Å²) in [6.45, 7) is 0. The minimum absolute atomic E-state index is 0.130. The van der Waals surface area contributed by atoms with E-state index in [-0.39, 0.29) is 5.56 Å². The van der Waals surface area contributed by atoms with Gasteiger partial charge in [0.05, 0.1) is 5.56 Å². The number of hydrogen-bond donors (Lipinski definition) is 2. The Morgan fingerprint density at radius 3 is 2.53 bits per heavy atom. The normalized spacial score (nSPS) is 12.1. The lowest BCUT2D eigenvalue weighted by Crippen LogP contribution is -2.32. The van der Waals surface area contributed by atoms with Gasteiger partial charge in [0.2, 0.25) is 0 Å². The van der Waals surface area contributed by atoms with Gasteiger partial charge in [0, 0.05) is 6.42 Å². The quantitative estimate of drug-likeness (QED) is 0.722. The van der Waals surface area contributed by atoms with Crippen molar-refractivity contribution in [2.75, 3.05) is 0 Å². The van der Waals surface area contributed by atoms with Gasteiger partial charge >= 0.3 is 5.97 Å². The van der Waals surface area contributed by atoms with Crippen LogP contribution in [0, 0.1) is 5.82 Å². The number of ketones is 1. The maximum atomic E-state index is 13.1. The van der Waals surface area contributed by atoms with E-state index in [1.54, 1.807) is 0 Å². The first-order valence-corrected chi connectivity index (χ1v) is 4.28. The van der Waals surface area contributed by atoms with Crippen molar-refractivity contribution in [3.05, 3.63) is 35.6 Å². The number of rotatable bonds is 4. The molecule has 1 aromatic rings. The maximum Gasteiger partial charge on any atom is 0.320 e. The van der Waals surface area contributed by atoms with Gasteiger partial charge < -0.3 is 10.8 Å². The number of nitrogens with two attached hydrogens (primary N) is 1. The molecule has 0 saturated heterocycles. The lowest BCUT2D eigenvalue weighted by molar-refractivity contribution is -0.138. The van der Waals surface area contributed by atoms with Crippen LogP contribution in [0.25, 0.3) is 0 Å². The third-order valence-electron chi connectivity index (χ3n) is 1.90. The zero-order chi connectivity index (χ0) is 11.4. The molecule has 0 unspecified atom stereocenters. The first-order chi connectivity index (χ1) is 7.02. The Bertz CT molecular complexity index is 392. The van der Waals surface area contributed by atoms with E-state index >= 15 is 0 Å². The van der Waals surface area contributed by atoms with Gasteiger partial charge in [-0.15, -0.1) is 0 Å². The van der Waals surface area contributed by atoms with Crippen LogP contribution in [0.15, 0.2) is 24.3 Å². The molecule has 0 spiro atoms. The van der Waals surface area contributed by atoms with Crippen LogP contribution < -0.4 is 5.73 Å². The van der Waals surface area contributed by atoms with Crippen molar-refractivity contribution in [3.8, 4) is 0 Å². The smallest absolute Gasteiger partial charge is 0.320 e. The van der Waals surface area contributed by atoms with E-state index < -0.39 is 30.0 Å². The molecule has 0 fully saturated rings. The second-order valence-corrected chi connectivity index (χ2v) is 3.05. The Labute approximate surface area is 85.5 Å². The second kappa shape index (κ2) is 4.65. The van der Waals surface area contributed by atoms with Gasteiger partial charge in [-0.25, -0.2) is 4.39 Å². The number of carbonyl (C=O) groups excluding carboxylic acids is 1. The van der Waals surface area contributed by atoms with Crippen LogP contribution in [0.5, 0.6) is 0 Å². The summed E-state index contributed by atoms with van der Waals surface area (Å²) in [5, 5.41) is 8.48. The van der Waals surface area contributed by atoms with Crippen LogP contribution in [0.1, 0.15) is 16.8 Å². The fraction of sp³-hybridized carbons (Fsp3) is 0.200. The number of Topliss-reactive ketones (excluding diaryl/α,β-unsaturated/α-hetero) is 1. The molecular formula is C10H10FNO3. The van der Waals surface area contributed by atoms with Crippen LogP contribution in [0.3, 0.4) is 0 Å². The number of carbonyl (C=O) groups is 2. The molecule has 0 saturated carbocycles. The predicted octanol–water partition coefficient (Wildman–Crippen LogP) is 0.810. The third-order valence-corrected chi connectivity index (χ3v) is 1.90. The van der Waals surface area contributed by atoms with Gasteiger partial charge in [-0.1, -0.05) is 12.1 Å². The summed E-state index contributed by atoms with van der Waals surface area (Å²) in [6, 6.07) is 4.09. The summed E-state index contributed by atoms with van der Waals surface area (Å²) in [5.74, 6) is -2.55. The largest absolute Gasteiger partial charge is 0.480 e. The van der Waals surface area contributed by atoms with E-state index in [1.165, 1.54) is 18.2 Å². The zero-order valence-electron chi connectivity index (χ0n) is 7.81. The molecule has 0 radical (unpaired) electrons. The Morgan fingerprint density at radius 2 is 2.00 bits per heavy atom. The standard InChI is InChI=1S/C10H10FNO3/c11-7-4-2-1-3-6(7)9(13)5-8(12)10(14)15/h1-4,8H,5,12H2,(H,14,15)/t8-/m0/s1. The molecule has 1 atom stereocenters. The molecule has 0 heterocycles. The SMILES string of the molecule is N[C@@H](CC(=O)c1ccccc1F)C(=O)O. The van der Waals surface area contributed by atoms with Crippen LogP contribution in [0.4, 0.5) is 4.39 Å². The first kappa shape index (κ1) is 11.3. The van der Waals surface area contributed by atoms with Crippen molar-refractivity contribution in [3.63, 3.8) is 0 Å². The van der Waals surface area contributed by atoms with Crippen molar-refractivity contribution in [1.82, 2.24) is 0 Å². The summed E-state index contributed by atoms with van der Waals surface area (Å²) in [7, 11) is 0. The number of carboxylic acid groups (broad SMARTS) is 1. The summed E-state index contributed by atoms with van der Waals surface area (Å²) >= 11 is 0. The molecule has 4 nitrogen and oxygen atoms in total. The number of halogens is 1. The number of benzene rings is 1. The minimum atomic E-state index is -1.29. The predicted molar refractivity (Wildman–Crippen MR) is 51.0 cm³/mol. The minimum Gasteiger partial charge on any atom is -0.480 e. The summed E-state index contributed by atoms with van der Waals surface area (Å²) in [5.41, 5.74) is 5.03. The molecule has 80 valence electrons. The molecule has 3 N–H and O–H groups in total. The zero-order valence-corrected chi connectivity index (χ0v) is 7.81. The molecular weight excluding hydrogens is 201 g/mol. The maximum absolute atomic E-state index is 13.1. The molecule has 0 aromatic heterocycles. The van der Waals surface area contributed by atoms with Crippen LogP contribution in [-0.2, 0) is 4.79 Å². The van der Waals surface area contributed by atoms with Gasteiger partial charge in [0.1, 0.15) is 11.9 Å². The fourth-order valence-electron chi connectivity index (χ4n) is 1.08. The summed E-state index contributed by atoms with van der Waals surface area (Å²) in [6.07, 6.45) is -0.406. The Kier molecular flexibility index (Phi) is 3.51. The van der Waals surface area contributed by atoms with Crippen LogP contribution >= 0.6 is 0 Å². The average molecular weight is 211 g/mol. The molecule has 0 aliphatic rings. The van der Waals surface area contributed by atoms with E-state index in [0.29, 0.717) is 0 Å². The van der Waals surface area contributed by atoms with Gasteiger partial charge in [0.15, 0.2) is 5.78 Å². The monoisotopic (exact) mass is 211 g/mol. The van der Waals surface area contributed by atoms with E-state index in [4.69, 9.17) is 10.8 Å². The Balaban J connectivity index is 2.78. The van der Waals surface area contributed by atoms with E-state index in [9.17, 15) is 14.0 Å². The lowest BCUT2D eigenvalue weighted by Gasteiger charge is -2.05. The molecule has 1 aromatic carbocycles. The van der Waals surface area contributed by atoms with Crippen molar-refractivity contribution >= 4 is 11.8 Å². The van der Waals surface area contributed by atoms with Gasteiger partial charge in [-0.3, -0.25) is 9.59 Å². The Hall–Kier alpha value is -1.75. The first-order valence-electron chi connectivity index (χ1n) is 4.28. The molecule has 15 heavy (non-hydrogen) atoms. The van der Waals surface area contributed by atoms with Crippen molar-refractivity contribution in [2.24, 2.45) is 5.73 Å². The second-order valence-electron chi connectivity index (χ2n) is 3.05. The molecule has 0 bridgehead atoms. The Morgan fingerprint density at radius 1 is 1.40 bits per heavy atom. The van der Waals surface area contributed by atoms with Gasteiger partial charge in [0.25, 0.3) is 0 Å². The van der Waals surface area contributed by atoms with Crippen molar-refractivity contribution in [1.29, 1.82) is 0 Å². The van der Waals surface area contributed by atoms with E-state index in [2.05, 4.69) is 0 Å². The third kappa shape index (κ3) is 2.85. The van der Waals surface area contributed by atoms with Crippen molar-refractivity contribution < 1.29 is 19.1 Å². The highest BCUT2D eigenvalue weighted by molar-refractivity contribution is 5.98.